The van der Waals surface area contributed by atoms with Crippen molar-refractivity contribution in [3.8, 4) is 5.75 Å². The van der Waals surface area contributed by atoms with Crippen LogP contribution < -0.4 is 10.1 Å². The zero-order valence-electron chi connectivity index (χ0n) is 18.1. The molecule has 0 amide bonds. The van der Waals surface area contributed by atoms with Crippen molar-refractivity contribution in [1.82, 2.24) is 15.1 Å². The second-order valence-corrected chi connectivity index (χ2v) is 7.35. The number of hydrogen-bond donors (Lipinski definition) is 2. The number of rotatable bonds is 11. The van der Waals surface area contributed by atoms with Crippen molar-refractivity contribution in [1.29, 1.82) is 0 Å². The molecule has 1 aliphatic heterocycles. The second-order valence-electron chi connectivity index (χ2n) is 7.35. The van der Waals surface area contributed by atoms with Crippen LogP contribution in [0.5, 0.6) is 5.75 Å². The third kappa shape index (κ3) is 10.00. The summed E-state index contributed by atoms with van der Waals surface area (Å²) in [5.41, 5.74) is 0. The summed E-state index contributed by atoms with van der Waals surface area (Å²) in [7, 11) is 0. The minimum absolute atomic E-state index is 0. The lowest BCUT2D eigenvalue weighted by atomic mass is 10.0. The summed E-state index contributed by atoms with van der Waals surface area (Å²) in [5, 5.41) is 12.7. The zero-order chi connectivity index (χ0) is 20.0. The minimum Gasteiger partial charge on any atom is -0.492 e. The molecule has 1 aromatic rings. The van der Waals surface area contributed by atoms with Gasteiger partial charge in [0.1, 0.15) is 12.4 Å². The number of guanidine groups is 1. The molecule has 0 aromatic heterocycles. The van der Waals surface area contributed by atoms with Gasteiger partial charge in [-0.25, -0.2) is 0 Å². The molecule has 29 heavy (non-hydrogen) atoms. The highest BCUT2D eigenvalue weighted by Gasteiger charge is 2.19. The van der Waals surface area contributed by atoms with Crippen LogP contribution in [0.15, 0.2) is 35.3 Å². The van der Waals surface area contributed by atoms with Crippen molar-refractivity contribution < 1.29 is 9.84 Å². The lowest BCUT2D eigenvalue weighted by molar-refractivity contribution is 0.152. The molecule has 1 aliphatic rings. The number of para-hydroxylation sites is 1. The Labute approximate surface area is 193 Å². The highest BCUT2D eigenvalue weighted by atomic mass is 127. The van der Waals surface area contributed by atoms with Crippen LogP contribution in [-0.4, -0.2) is 79.9 Å². The Bertz CT molecular complexity index is 545. The maximum atomic E-state index is 9.26. The molecule has 6 nitrogen and oxygen atoms in total. The highest BCUT2D eigenvalue weighted by molar-refractivity contribution is 14.0. The molecule has 0 aliphatic carbocycles. The van der Waals surface area contributed by atoms with Crippen molar-refractivity contribution >= 4 is 29.9 Å². The van der Waals surface area contributed by atoms with E-state index in [9.17, 15) is 5.11 Å². The van der Waals surface area contributed by atoms with Gasteiger partial charge in [-0.3, -0.25) is 9.89 Å². The van der Waals surface area contributed by atoms with Crippen LogP contribution in [0.25, 0.3) is 0 Å². The van der Waals surface area contributed by atoms with Crippen LogP contribution in [0.3, 0.4) is 0 Å². The molecule has 1 aromatic carbocycles. The van der Waals surface area contributed by atoms with Gasteiger partial charge in [-0.1, -0.05) is 31.5 Å². The summed E-state index contributed by atoms with van der Waals surface area (Å²) in [6.45, 7) is 11.9. The van der Waals surface area contributed by atoms with E-state index >= 15 is 0 Å². The number of piperazine rings is 1. The number of nitrogens with one attached hydrogen (secondary N) is 1. The molecule has 2 N–H and O–H groups in total. The van der Waals surface area contributed by atoms with Gasteiger partial charge in [0.2, 0.25) is 0 Å². The fourth-order valence-corrected chi connectivity index (χ4v) is 3.55. The molecule has 0 radical (unpaired) electrons. The molecule has 166 valence electrons. The summed E-state index contributed by atoms with van der Waals surface area (Å²) in [6, 6.07) is 10.0. The molecular formula is C22H39IN4O2. The molecule has 1 saturated heterocycles. The summed E-state index contributed by atoms with van der Waals surface area (Å²) in [5.74, 6) is 2.43. The fraction of sp³-hybridized carbons (Fsp3) is 0.682. The van der Waals surface area contributed by atoms with Crippen molar-refractivity contribution in [2.24, 2.45) is 10.9 Å². The molecule has 7 heteroatoms. The van der Waals surface area contributed by atoms with E-state index in [-0.39, 0.29) is 30.6 Å². The Morgan fingerprint density at radius 2 is 1.86 bits per heavy atom. The lowest BCUT2D eigenvalue weighted by Crippen LogP contribution is -2.53. The summed E-state index contributed by atoms with van der Waals surface area (Å²) in [4.78, 5) is 9.69. The molecule has 0 bridgehead atoms. The van der Waals surface area contributed by atoms with E-state index in [4.69, 9.17) is 9.73 Å². The van der Waals surface area contributed by atoms with E-state index in [0.717, 1.165) is 83.4 Å². The quantitative estimate of drug-likeness (QED) is 0.268. The van der Waals surface area contributed by atoms with E-state index in [1.54, 1.807) is 0 Å². The number of aliphatic hydroxyl groups is 1. The number of benzene rings is 1. The maximum Gasteiger partial charge on any atom is 0.194 e. The van der Waals surface area contributed by atoms with Crippen molar-refractivity contribution in [2.75, 3.05) is 59.0 Å². The molecule has 1 fully saturated rings. The molecule has 1 unspecified atom stereocenters. The van der Waals surface area contributed by atoms with Gasteiger partial charge in [0.05, 0.1) is 0 Å². The fourth-order valence-electron chi connectivity index (χ4n) is 3.55. The van der Waals surface area contributed by atoms with Crippen LogP contribution in [-0.2, 0) is 0 Å². The molecule has 1 heterocycles. The number of hydrogen-bond acceptors (Lipinski definition) is 4. The maximum absolute atomic E-state index is 9.26. The zero-order valence-corrected chi connectivity index (χ0v) is 20.4. The Hall–Kier alpha value is -1.06. The van der Waals surface area contributed by atoms with E-state index in [0.29, 0.717) is 5.92 Å². The molecule has 2 rings (SSSR count). The Morgan fingerprint density at radius 1 is 1.14 bits per heavy atom. The summed E-state index contributed by atoms with van der Waals surface area (Å²) >= 11 is 0. The van der Waals surface area contributed by atoms with Gasteiger partial charge >= 0.3 is 0 Å². The topological polar surface area (TPSA) is 60.3 Å². The van der Waals surface area contributed by atoms with E-state index in [2.05, 4.69) is 29.0 Å². The largest absolute Gasteiger partial charge is 0.492 e. The van der Waals surface area contributed by atoms with Crippen LogP contribution in [0.4, 0.5) is 0 Å². The minimum atomic E-state index is 0. The van der Waals surface area contributed by atoms with E-state index < -0.39 is 0 Å². The second kappa shape index (κ2) is 15.7. The van der Waals surface area contributed by atoms with Gasteiger partial charge in [0.25, 0.3) is 0 Å². The first-order valence-electron chi connectivity index (χ1n) is 10.8. The van der Waals surface area contributed by atoms with Crippen LogP contribution >= 0.6 is 24.0 Å². The third-order valence-corrected chi connectivity index (χ3v) is 5.16. The third-order valence-electron chi connectivity index (χ3n) is 5.16. The number of halogens is 1. The lowest BCUT2D eigenvalue weighted by Gasteiger charge is -2.36. The Balaban J connectivity index is 0.00000420. The monoisotopic (exact) mass is 518 g/mol. The molecule has 0 saturated carbocycles. The standard InChI is InChI=1S/C22H38N4O2.HI/c1-3-8-20(11-17-27)19-24-22(23-4-2)26-14-12-25(13-15-26)16-18-28-21-9-6-5-7-10-21;/h5-7,9-10,20,27H,3-4,8,11-19H2,1-2H3,(H,23,24);1H. The SMILES string of the molecule is CCCC(CCO)CN=C(NCC)N1CCN(CCOc2ccccc2)CC1.I. The van der Waals surface area contributed by atoms with Crippen LogP contribution in [0, 0.1) is 5.92 Å². The molecular weight excluding hydrogens is 479 g/mol. The molecule has 1 atom stereocenters. The van der Waals surface area contributed by atoms with E-state index in [1.165, 1.54) is 0 Å². The first-order valence-corrected chi connectivity index (χ1v) is 10.8. The van der Waals surface area contributed by atoms with Gasteiger partial charge in [0.15, 0.2) is 5.96 Å². The average Bonchev–Trinajstić information content (AvgIpc) is 2.73. The smallest absolute Gasteiger partial charge is 0.194 e. The van der Waals surface area contributed by atoms with Crippen molar-refractivity contribution in [2.45, 2.75) is 33.1 Å². The predicted octanol–water partition coefficient (Wildman–Crippen LogP) is 3.07. The Kier molecular flexibility index (Phi) is 14.1. The first kappa shape index (κ1) is 26.0. The number of ether oxygens (including phenoxy) is 1. The Morgan fingerprint density at radius 3 is 2.48 bits per heavy atom. The normalized spacial score (nSPS) is 16.2. The number of aliphatic imine (C=N–C) groups is 1. The van der Waals surface area contributed by atoms with Gasteiger partial charge in [0, 0.05) is 52.4 Å². The van der Waals surface area contributed by atoms with Gasteiger partial charge in [-0.2, -0.15) is 0 Å². The van der Waals surface area contributed by atoms with Crippen LogP contribution in [0.2, 0.25) is 0 Å². The number of aliphatic hydroxyl groups excluding tert-OH is 1. The van der Waals surface area contributed by atoms with Gasteiger partial charge < -0.3 is 20.1 Å². The highest BCUT2D eigenvalue weighted by Crippen LogP contribution is 2.12. The number of nitrogens with zero attached hydrogens (tertiary/aromatic N) is 3. The molecule has 0 spiro atoms. The van der Waals surface area contributed by atoms with Gasteiger partial charge in [-0.05, 0) is 37.8 Å². The van der Waals surface area contributed by atoms with Crippen molar-refractivity contribution in [3.63, 3.8) is 0 Å². The van der Waals surface area contributed by atoms with Gasteiger partial charge in [-0.15, -0.1) is 24.0 Å². The first-order chi connectivity index (χ1) is 13.8. The van der Waals surface area contributed by atoms with E-state index in [1.807, 2.05) is 30.3 Å². The summed E-state index contributed by atoms with van der Waals surface area (Å²) < 4.78 is 5.82. The van der Waals surface area contributed by atoms with Crippen molar-refractivity contribution in [3.05, 3.63) is 30.3 Å². The van der Waals surface area contributed by atoms with Crippen LogP contribution in [0.1, 0.15) is 33.1 Å². The predicted molar refractivity (Wildman–Crippen MR) is 131 cm³/mol. The summed E-state index contributed by atoms with van der Waals surface area (Å²) in [6.07, 6.45) is 3.10. The average molecular weight is 518 g/mol.